The van der Waals surface area contributed by atoms with Gasteiger partial charge in [0.25, 0.3) is 0 Å². The maximum Gasteiger partial charge on any atom is 0.103 e. The van der Waals surface area contributed by atoms with Crippen molar-refractivity contribution >= 4 is 27.5 Å². The van der Waals surface area contributed by atoms with E-state index in [4.69, 9.17) is 4.98 Å². The van der Waals surface area contributed by atoms with E-state index in [9.17, 15) is 0 Å². The molecule has 3 aromatic carbocycles. The molecule has 4 nitrogen and oxygen atoms in total. The van der Waals surface area contributed by atoms with E-state index in [1.54, 1.807) is 0 Å². The average molecular weight is 697 g/mol. The second-order valence-corrected chi connectivity index (χ2v) is 9.91. The molecule has 0 amide bonds. The standard InChI is InChI=1S/C22H16N3.C13H12N.Ir/c1-14-11-20(23-13-15(14)2)17-7-8-18-16(12-17)9-10-25-21-6-4-3-5-19(21)24-22(18)25;1-10-8-13(14-9-11(10)2)12-6-4-3-5-7-12;/h3-6,8-13H,1-2H3;3-6,8-9H,1-2H3;/q2*-1;. The molecule has 7 aromatic rings. The van der Waals surface area contributed by atoms with Crippen molar-refractivity contribution in [2.24, 2.45) is 0 Å². The molecule has 7 rings (SSSR count). The van der Waals surface area contributed by atoms with E-state index >= 15 is 0 Å². The number of aryl methyl sites for hydroxylation is 4. The van der Waals surface area contributed by atoms with Crippen LogP contribution in [-0.4, -0.2) is 19.4 Å². The van der Waals surface area contributed by atoms with Gasteiger partial charge in [-0.25, -0.2) is 4.98 Å². The van der Waals surface area contributed by atoms with Crippen LogP contribution >= 0.6 is 0 Å². The third kappa shape index (κ3) is 5.31. The van der Waals surface area contributed by atoms with Crippen molar-refractivity contribution in [3.05, 3.63) is 132 Å². The third-order valence-electron chi connectivity index (χ3n) is 7.23. The van der Waals surface area contributed by atoms with Gasteiger partial charge < -0.3 is 14.4 Å². The zero-order valence-corrected chi connectivity index (χ0v) is 25.3. The fraction of sp³-hybridized carbons (Fsp3) is 0.114. The Morgan fingerprint density at radius 1 is 0.675 bits per heavy atom. The molecule has 0 aliphatic heterocycles. The first-order valence-corrected chi connectivity index (χ1v) is 13.0. The monoisotopic (exact) mass is 697 g/mol. The summed E-state index contributed by atoms with van der Waals surface area (Å²) in [7, 11) is 0. The average Bonchev–Trinajstić information content (AvgIpc) is 3.36. The quantitative estimate of drug-likeness (QED) is 0.171. The molecular weight excluding hydrogens is 669 g/mol. The molecule has 0 aliphatic rings. The van der Waals surface area contributed by atoms with Gasteiger partial charge in [0.15, 0.2) is 0 Å². The van der Waals surface area contributed by atoms with Gasteiger partial charge in [0.1, 0.15) is 5.65 Å². The van der Waals surface area contributed by atoms with Crippen molar-refractivity contribution in [2.75, 3.05) is 0 Å². The van der Waals surface area contributed by atoms with Gasteiger partial charge in [0.2, 0.25) is 0 Å². The first-order chi connectivity index (χ1) is 19.0. The Hall–Kier alpha value is -4.18. The predicted octanol–water partition coefficient (Wildman–Crippen LogP) is 8.28. The van der Waals surface area contributed by atoms with E-state index in [0.29, 0.717) is 0 Å². The van der Waals surface area contributed by atoms with Gasteiger partial charge in [-0.1, -0.05) is 52.2 Å². The Morgan fingerprint density at radius 3 is 2.02 bits per heavy atom. The first kappa shape index (κ1) is 27.4. The summed E-state index contributed by atoms with van der Waals surface area (Å²) >= 11 is 0. The van der Waals surface area contributed by atoms with E-state index in [1.807, 2.05) is 60.9 Å². The number of pyridine rings is 3. The predicted molar refractivity (Wildman–Crippen MR) is 160 cm³/mol. The summed E-state index contributed by atoms with van der Waals surface area (Å²) < 4.78 is 2.14. The Labute approximate surface area is 248 Å². The molecule has 199 valence electrons. The summed E-state index contributed by atoms with van der Waals surface area (Å²) in [4.78, 5) is 13.7. The smallest absolute Gasteiger partial charge is 0.103 e. The number of fused-ring (bicyclic) bond motifs is 5. The molecule has 0 spiro atoms. The molecule has 0 N–H and O–H groups in total. The van der Waals surface area contributed by atoms with Crippen molar-refractivity contribution in [3.8, 4) is 22.5 Å². The van der Waals surface area contributed by atoms with Crippen molar-refractivity contribution in [1.29, 1.82) is 0 Å². The van der Waals surface area contributed by atoms with E-state index in [1.165, 1.54) is 22.3 Å². The van der Waals surface area contributed by atoms with Gasteiger partial charge in [-0.2, -0.15) is 0 Å². The Bertz CT molecular complexity index is 1960. The normalized spacial score (nSPS) is 10.8. The van der Waals surface area contributed by atoms with Crippen molar-refractivity contribution in [1.82, 2.24) is 19.4 Å². The van der Waals surface area contributed by atoms with Crippen LogP contribution < -0.4 is 0 Å². The summed E-state index contributed by atoms with van der Waals surface area (Å²) in [5, 5.41) is 2.25. The zero-order valence-electron chi connectivity index (χ0n) is 22.9. The van der Waals surface area contributed by atoms with Crippen LogP contribution in [0.25, 0.3) is 50.0 Å². The fourth-order valence-electron chi connectivity index (χ4n) is 4.62. The number of aromatic nitrogens is 4. The molecule has 1 radical (unpaired) electrons. The van der Waals surface area contributed by atoms with Crippen molar-refractivity contribution < 1.29 is 20.1 Å². The molecule has 4 aromatic heterocycles. The van der Waals surface area contributed by atoms with Crippen LogP contribution in [0.4, 0.5) is 0 Å². The summed E-state index contributed by atoms with van der Waals surface area (Å²) in [6.45, 7) is 8.36. The number of para-hydroxylation sites is 2. The van der Waals surface area contributed by atoms with E-state index in [0.717, 1.165) is 50.0 Å². The second-order valence-electron chi connectivity index (χ2n) is 9.91. The fourth-order valence-corrected chi connectivity index (χ4v) is 4.62. The number of benzene rings is 3. The third-order valence-corrected chi connectivity index (χ3v) is 7.23. The van der Waals surface area contributed by atoms with Crippen LogP contribution in [-0.2, 0) is 20.1 Å². The molecule has 5 heteroatoms. The largest absolute Gasteiger partial charge is 0.307 e. The number of nitrogens with zero attached hydrogens (tertiary/aromatic N) is 4. The van der Waals surface area contributed by atoms with Gasteiger partial charge in [-0.3, -0.25) is 0 Å². The number of hydrogen-bond acceptors (Lipinski definition) is 3. The topological polar surface area (TPSA) is 43.1 Å². The van der Waals surface area contributed by atoms with Gasteiger partial charge in [0, 0.05) is 38.7 Å². The second kappa shape index (κ2) is 11.5. The van der Waals surface area contributed by atoms with Gasteiger partial charge in [-0.15, -0.1) is 59.7 Å². The van der Waals surface area contributed by atoms with Crippen molar-refractivity contribution in [2.45, 2.75) is 27.7 Å². The van der Waals surface area contributed by atoms with Crippen LogP contribution in [0.2, 0.25) is 0 Å². The summed E-state index contributed by atoms with van der Waals surface area (Å²) in [6, 6.07) is 33.2. The van der Waals surface area contributed by atoms with Crippen LogP contribution in [0.3, 0.4) is 0 Å². The maximum absolute atomic E-state index is 4.80. The SMILES string of the molecule is Cc1cnc(-c2[c-]cc3c(ccn4c5ccccc5nc34)c2)cc1C.Cc1cnc(-c2[c-]cccc2)cc1C.[Ir]. The number of imidazole rings is 1. The summed E-state index contributed by atoms with van der Waals surface area (Å²) in [6.07, 6.45) is 5.92. The summed E-state index contributed by atoms with van der Waals surface area (Å²) in [5.41, 5.74) is 12.1. The molecule has 0 saturated heterocycles. The molecule has 0 fully saturated rings. The van der Waals surface area contributed by atoms with Crippen LogP contribution in [0.1, 0.15) is 22.3 Å². The molecule has 4 heterocycles. The number of rotatable bonds is 2. The Morgan fingerprint density at radius 2 is 1.35 bits per heavy atom. The molecule has 0 atom stereocenters. The summed E-state index contributed by atoms with van der Waals surface area (Å²) in [5.74, 6) is 0. The van der Waals surface area contributed by atoms with Crippen molar-refractivity contribution in [3.63, 3.8) is 0 Å². The van der Waals surface area contributed by atoms with E-state index < -0.39 is 0 Å². The minimum absolute atomic E-state index is 0. The molecule has 40 heavy (non-hydrogen) atoms. The van der Waals surface area contributed by atoms with E-state index in [2.05, 4.69) is 90.7 Å². The van der Waals surface area contributed by atoms with E-state index in [-0.39, 0.29) is 20.1 Å². The van der Waals surface area contributed by atoms with Gasteiger partial charge >= 0.3 is 0 Å². The molecule has 0 bridgehead atoms. The van der Waals surface area contributed by atoms with Crippen LogP contribution in [0.5, 0.6) is 0 Å². The molecule has 0 aliphatic carbocycles. The maximum atomic E-state index is 4.80. The minimum Gasteiger partial charge on any atom is -0.307 e. The van der Waals surface area contributed by atoms with Crippen LogP contribution in [0.15, 0.2) is 97.5 Å². The van der Waals surface area contributed by atoms with Gasteiger partial charge in [-0.05, 0) is 62.3 Å². The first-order valence-electron chi connectivity index (χ1n) is 13.0. The molecule has 0 unspecified atom stereocenters. The zero-order chi connectivity index (χ0) is 26.9. The Balaban J connectivity index is 0.000000184. The van der Waals surface area contributed by atoms with Gasteiger partial charge in [0.05, 0.1) is 11.0 Å². The van der Waals surface area contributed by atoms with Crippen LogP contribution in [0, 0.1) is 39.8 Å². The number of hydrogen-bond donors (Lipinski definition) is 0. The minimum atomic E-state index is 0. The molecular formula is C35H28IrN4-2. The Kier molecular flexibility index (Phi) is 7.88. The molecule has 0 saturated carbocycles.